The molecule has 0 aliphatic rings. The zero-order chi connectivity index (χ0) is 13.4. The Morgan fingerprint density at radius 1 is 0.706 bits per heavy atom. The van der Waals surface area contributed by atoms with Crippen LogP contribution in [0.5, 0.6) is 0 Å². The molecule has 100 valence electrons. The van der Waals surface area contributed by atoms with Crippen molar-refractivity contribution >= 4 is 16.5 Å². The predicted molar refractivity (Wildman–Crippen MR) is 83.5 cm³/mol. The first-order chi connectivity index (χ1) is 7.05. The van der Waals surface area contributed by atoms with Crippen molar-refractivity contribution in [2.45, 2.75) is 60.1 Å². The van der Waals surface area contributed by atoms with Crippen LogP contribution in [0.4, 0.5) is 0 Å². The summed E-state index contributed by atoms with van der Waals surface area (Å²) in [4.78, 5) is 2.38. The molecule has 0 aromatic heterocycles. The van der Waals surface area contributed by atoms with Crippen LogP contribution in [0.15, 0.2) is 0 Å². The molecule has 0 radical (unpaired) electrons. The summed E-state index contributed by atoms with van der Waals surface area (Å²) < 4.78 is 4.82. The van der Waals surface area contributed by atoms with Crippen LogP contribution in [0.1, 0.15) is 20.8 Å². The average Bonchev–Trinajstić information content (AvgIpc) is 2.01. The van der Waals surface area contributed by atoms with Gasteiger partial charge in [-0.1, -0.05) is 76.5 Å². The summed E-state index contributed by atoms with van der Waals surface area (Å²) in [5.41, 5.74) is 0. The van der Waals surface area contributed by atoms with E-state index in [2.05, 4.69) is 65.0 Å². The normalized spacial score (nSPS) is 11.6. The summed E-state index contributed by atoms with van der Waals surface area (Å²) in [5, 5.41) is 0. The molecule has 0 aliphatic heterocycles. The van der Waals surface area contributed by atoms with E-state index in [-0.39, 0.29) is 18.9 Å². The SMILES string of the molecule is CCN(CC)CC.C[Si](C)(C)[N-][Si](C)(C)C.[Li+]. The molecule has 0 saturated carbocycles. The molecule has 17 heavy (non-hydrogen) atoms. The van der Waals surface area contributed by atoms with Crippen molar-refractivity contribution in [3.8, 4) is 0 Å². The van der Waals surface area contributed by atoms with Gasteiger partial charge in [0.15, 0.2) is 0 Å². The number of rotatable bonds is 5. The van der Waals surface area contributed by atoms with Crippen molar-refractivity contribution in [1.29, 1.82) is 0 Å². The zero-order valence-corrected chi connectivity index (χ0v) is 16.0. The van der Waals surface area contributed by atoms with Gasteiger partial charge in [0.2, 0.25) is 0 Å². The Balaban J connectivity index is -0.000000224. The summed E-state index contributed by atoms with van der Waals surface area (Å²) in [6.07, 6.45) is 0. The molecule has 0 N–H and O–H groups in total. The van der Waals surface area contributed by atoms with Crippen LogP contribution in [0.25, 0.3) is 4.65 Å². The maximum atomic E-state index is 4.82. The van der Waals surface area contributed by atoms with E-state index in [1.165, 1.54) is 19.6 Å². The van der Waals surface area contributed by atoms with Crippen LogP contribution < -0.4 is 18.9 Å². The third-order valence-corrected chi connectivity index (χ3v) is 7.38. The first-order valence-corrected chi connectivity index (χ1v) is 13.4. The molecule has 0 spiro atoms. The molecule has 0 aromatic carbocycles. The largest absolute Gasteiger partial charge is 1.00 e. The number of hydrogen-bond acceptors (Lipinski definition) is 1. The van der Waals surface area contributed by atoms with E-state index in [0.717, 1.165) is 0 Å². The maximum Gasteiger partial charge on any atom is 1.00 e. The summed E-state index contributed by atoms with van der Waals surface area (Å²) in [7, 11) is -2.21. The second-order valence-electron chi connectivity index (χ2n) is 6.07. The van der Waals surface area contributed by atoms with Crippen molar-refractivity contribution in [2.75, 3.05) is 19.6 Å². The Bertz CT molecular complexity index is 143. The third kappa shape index (κ3) is 22.6. The van der Waals surface area contributed by atoms with Gasteiger partial charge in [0, 0.05) is 0 Å². The van der Waals surface area contributed by atoms with Gasteiger partial charge in [0.25, 0.3) is 0 Å². The summed E-state index contributed by atoms with van der Waals surface area (Å²) in [5.74, 6) is 0. The molecule has 0 atom stereocenters. The molecule has 0 unspecified atom stereocenters. The van der Waals surface area contributed by atoms with Crippen molar-refractivity contribution in [3.63, 3.8) is 0 Å². The minimum atomic E-state index is -1.11. The van der Waals surface area contributed by atoms with Crippen LogP contribution in [0, 0.1) is 0 Å². The van der Waals surface area contributed by atoms with Gasteiger partial charge in [0.1, 0.15) is 0 Å². The molecule has 0 rings (SSSR count). The van der Waals surface area contributed by atoms with Crippen molar-refractivity contribution in [2.24, 2.45) is 0 Å². The smallest absolute Gasteiger partial charge is 0.668 e. The van der Waals surface area contributed by atoms with Gasteiger partial charge in [-0.15, -0.1) is 0 Å². The molecule has 0 heterocycles. The van der Waals surface area contributed by atoms with Gasteiger partial charge in [0.05, 0.1) is 0 Å². The van der Waals surface area contributed by atoms with Gasteiger partial charge in [-0.3, -0.25) is 0 Å². The van der Waals surface area contributed by atoms with E-state index < -0.39 is 16.5 Å². The molecule has 0 aliphatic carbocycles. The topological polar surface area (TPSA) is 17.3 Å². The average molecular weight is 269 g/mol. The molecule has 0 amide bonds. The van der Waals surface area contributed by atoms with Gasteiger partial charge >= 0.3 is 18.9 Å². The van der Waals surface area contributed by atoms with E-state index in [1.54, 1.807) is 0 Å². The minimum absolute atomic E-state index is 0. The van der Waals surface area contributed by atoms with Gasteiger partial charge in [-0.2, -0.15) is 0 Å². The van der Waals surface area contributed by atoms with Crippen LogP contribution >= 0.6 is 0 Å². The summed E-state index contributed by atoms with van der Waals surface area (Å²) in [6.45, 7) is 23.9. The van der Waals surface area contributed by atoms with Crippen LogP contribution in [-0.2, 0) is 0 Å². The van der Waals surface area contributed by atoms with Crippen molar-refractivity contribution in [3.05, 3.63) is 4.65 Å². The van der Waals surface area contributed by atoms with Crippen LogP contribution in [0.3, 0.4) is 0 Å². The Kier molecular flexibility index (Phi) is 14.7. The Morgan fingerprint density at radius 2 is 0.941 bits per heavy atom. The summed E-state index contributed by atoms with van der Waals surface area (Å²) in [6, 6.07) is 0. The Morgan fingerprint density at radius 3 is 0.941 bits per heavy atom. The van der Waals surface area contributed by atoms with E-state index in [1.807, 2.05) is 0 Å². The van der Waals surface area contributed by atoms with E-state index in [4.69, 9.17) is 4.65 Å². The fourth-order valence-corrected chi connectivity index (χ4v) is 9.73. The van der Waals surface area contributed by atoms with E-state index in [9.17, 15) is 0 Å². The molecular formula is C12H33LiN2Si2. The monoisotopic (exact) mass is 268 g/mol. The van der Waals surface area contributed by atoms with Gasteiger partial charge < -0.3 is 9.55 Å². The standard InChI is InChI=1S/C6H18NSi2.C6H15N.Li/c1-8(2,3)7-9(4,5)6;1-4-7(5-2)6-3;/h1-6H3;4-6H2,1-3H3;/q-1;;+1. The van der Waals surface area contributed by atoms with Crippen molar-refractivity contribution in [1.82, 2.24) is 4.90 Å². The Hall–Kier alpha value is 0.951. The Labute approximate surface area is 124 Å². The van der Waals surface area contributed by atoms with E-state index >= 15 is 0 Å². The second kappa shape index (κ2) is 10.8. The predicted octanol–water partition coefficient (Wildman–Crippen LogP) is 1.38. The first-order valence-electron chi connectivity index (χ1n) is 6.52. The fourth-order valence-electron chi connectivity index (χ4n) is 1.68. The molecule has 5 heteroatoms. The number of hydrogen-bond donors (Lipinski definition) is 0. The minimum Gasteiger partial charge on any atom is -0.668 e. The fraction of sp³-hybridized carbons (Fsp3) is 1.00. The maximum absolute atomic E-state index is 4.82. The van der Waals surface area contributed by atoms with Gasteiger partial charge in [-0.05, 0) is 19.6 Å². The third-order valence-electron chi connectivity index (χ3n) is 2.01. The summed E-state index contributed by atoms with van der Waals surface area (Å²) >= 11 is 0. The molecule has 0 saturated heterocycles. The number of nitrogens with zero attached hydrogens (tertiary/aromatic N) is 2. The molecular weight excluding hydrogens is 235 g/mol. The quantitative estimate of drug-likeness (QED) is 0.689. The van der Waals surface area contributed by atoms with Crippen LogP contribution in [0.2, 0.25) is 39.3 Å². The molecule has 0 fully saturated rings. The van der Waals surface area contributed by atoms with Crippen molar-refractivity contribution < 1.29 is 18.9 Å². The van der Waals surface area contributed by atoms with E-state index in [0.29, 0.717) is 0 Å². The second-order valence-corrected chi connectivity index (χ2v) is 15.7. The molecule has 0 bridgehead atoms. The first kappa shape index (κ1) is 23.1. The van der Waals surface area contributed by atoms with Gasteiger partial charge in [-0.25, -0.2) is 0 Å². The van der Waals surface area contributed by atoms with Crippen LogP contribution in [-0.4, -0.2) is 41.0 Å². The molecule has 2 nitrogen and oxygen atoms in total. The zero-order valence-electron chi connectivity index (χ0n) is 14.0. The molecule has 0 aromatic rings.